The molecule has 0 bridgehead atoms. The van der Waals surface area contributed by atoms with E-state index in [1.807, 2.05) is 50.2 Å². The van der Waals surface area contributed by atoms with E-state index in [-0.39, 0.29) is 25.0 Å². The first-order valence-electron chi connectivity index (χ1n) is 10.5. The quantitative estimate of drug-likeness (QED) is 0.580. The lowest BCUT2D eigenvalue weighted by molar-refractivity contribution is -0.190. The van der Waals surface area contributed by atoms with Gasteiger partial charge in [-0.25, -0.2) is 14.7 Å². The summed E-state index contributed by atoms with van der Waals surface area (Å²) in [6, 6.07) is 16.1. The lowest BCUT2D eigenvalue weighted by Crippen LogP contribution is -2.43. The van der Waals surface area contributed by atoms with Gasteiger partial charge in [-0.3, -0.25) is 9.63 Å². The molecular weight excluding hydrogens is 412 g/mol. The molecule has 170 valence electrons. The fraction of sp³-hybridized carbons (Fsp3) is 0.375. The Labute approximate surface area is 187 Å². The van der Waals surface area contributed by atoms with E-state index in [9.17, 15) is 14.4 Å². The van der Waals surface area contributed by atoms with Crippen LogP contribution in [0.1, 0.15) is 30.9 Å². The molecule has 0 aromatic heterocycles. The number of benzene rings is 2. The van der Waals surface area contributed by atoms with Gasteiger partial charge >= 0.3 is 12.1 Å². The Kier molecular flexibility index (Phi) is 7.48. The molecule has 2 amide bonds. The summed E-state index contributed by atoms with van der Waals surface area (Å²) in [4.78, 5) is 40.5. The number of amides is 2. The third-order valence-corrected chi connectivity index (χ3v) is 5.62. The van der Waals surface area contributed by atoms with Crippen molar-refractivity contribution in [1.82, 2.24) is 10.4 Å². The minimum absolute atomic E-state index is 0.0495. The van der Waals surface area contributed by atoms with Crippen LogP contribution in [0.3, 0.4) is 0 Å². The van der Waals surface area contributed by atoms with E-state index in [4.69, 9.17) is 14.7 Å². The minimum Gasteiger partial charge on any atom is -0.479 e. The first-order valence-corrected chi connectivity index (χ1v) is 10.5. The second-order valence-corrected chi connectivity index (χ2v) is 8.06. The van der Waals surface area contributed by atoms with E-state index in [0.29, 0.717) is 0 Å². The number of carbonyl (C=O) groups excluding carboxylic acids is 2. The molecule has 0 aliphatic heterocycles. The van der Waals surface area contributed by atoms with Crippen molar-refractivity contribution in [3.8, 4) is 11.1 Å². The number of rotatable bonds is 9. The summed E-state index contributed by atoms with van der Waals surface area (Å²) >= 11 is 0. The van der Waals surface area contributed by atoms with Crippen molar-refractivity contribution in [2.24, 2.45) is 11.8 Å². The number of hydrogen-bond donors (Lipinski definition) is 2. The van der Waals surface area contributed by atoms with E-state index in [2.05, 4.69) is 17.4 Å². The van der Waals surface area contributed by atoms with Crippen molar-refractivity contribution in [2.45, 2.75) is 19.8 Å². The molecule has 1 unspecified atom stereocenters. The van der Waals surface area contributed by atoms with E-state index >= 15 is 0 Å². The van der Waals surface area contributed by atoms with Gasteiger partial charge in [0.2, 0.25) is 0 Å². The highest BCUT2D eigenvalue weighted by atomic mass is 16.7. The summed E-state index contributed by atoms with van der Waals surface area (Å²) < 4.78 is 5.51. The summed E-state index contributed by atoms with van der Waals surface area (Å²) in [5.74, 6) is -2.34. The summed E-state index contributed by atoms with van der Waals surface area (Å²) in [6.45, 7) is 3.29. The monoisotopic (exact) mass is 440 g/mol. The molecule has 32 heavy (non-hydrogen) atoms. The largest absolute Gasteiger partial charge is 0.479 e. The fourth-order valence-electron chi connectivity index (χ4n) is 3.90. The van der Waals surface area contributed by atoms with Gasteiger partial charge in [-0.2, -0.15) is 0 Å². The molecule has 3 rings (SSSR count). The predicted molar refractivity (Wildman–Crippen MR) is 118 cm³/mol. The SMILES string of the molecule is CC(C)C(CNC(=O)OCC1c2ccccc2-c2ccccc21)C(=O)N(C)OCC(=O)O. The van der Waals surface area contributed by atoms with E-state index in [1.165, 1.54) is 7.05 Å². The second kappa shape index (κ2) is 10.3. The Morgan fingerprint density at radius 1 is 1.03 bits per heavy atom. The molecule has 0 saturated heterocycles. The maximum Gasteiger partial charge on any atom is 0.407 e. The Bertz CT molecular complexity index is 944. The Hall–Kier alpha value is -3.39. The van der Waals surface area contributed by atoms with Gasteiger partial charge in [0.05, 0.1) is 5.92 Å². The van der Waals surface area contributed by atoms with Crippen LogP contribution >= 0.6 is 0 Å². The van der Waals surface area contributed by atoms with Crippen LogP contribution in [0.25, 0.3) is 11.1 Å². The molecule has 0 fully saturated rings. The number of alkyl carbamates (subject to hydrolysis) is 1. The number of hydrogen-bond acceptors (Lipinski definition) is 5. The Morgan fingerprint density at radius 3 is 2.12 bits per heavy atom. The van der Waals surface area contributed by atoms with Crippen molar-refractivity contribution < 1.29 is 29.1 Å². The molecule has 2 aromatic rings. The average molecular weight is 440 g/mol. The third kappa shape index (κ3) is 5.26. The number of aliphatic carboxylic acids is 1. The summed E-state index contributed by atoms with van der Waals surface area (Å²) in [5.41, 5.74) is 4.53. The highest BCUT2D eigenvalue weighted by Crippen LogP contribution is 2.44. The zero-order valence-electron chi connectivity index (χ0n) is 18.4. The molecule has 1 aliphatic carbocycles. The van der Waals surface area contributed by atoms with Crippen LogP contribution in [0.5, 0.6) is 0 Å². The molecular formula is C24H28N2O6. The Morgan fingerprint density at radius 2 is 1.59 bits per heavy atom. The normalized spacial score (nSPS) is 13.2. The average Bonchev–Trinajstić information content (AvgIpc) is 3.09. The fourth-order valence-corrected chi connectivity index (χ4v) is 3.90. The third-order valence-electron chi connectivity index (χ3n) is 5.62. The van der Waals surface area contributed by atoms with Gasteiger partial charge in [0.1, 0.15) is 6.61 Å². The predicted octanol–water partition coefficient (Wildman–Crippen LogP) is 3.27. The van der Waals surface area contributed by atoms with Gasteiger partial charge in [-0.05, 0) is 28.2 Å². The van der Waals surface area contributed by atoms with Crippen molar-refractivity contribution >= 4 is 18.0 Å². The number of carboxylic acids is 1. The van der Waals surface area contributed by atoms with Crippen LogP contribution in [0, 0.1) is 11.8 Å². The van der Waals surface area contributed by atoms with Crippen LogP contribution in [-0.4, -0.2) is 54.9 Å². The number of fused-ring (bicyclic) bond motifs is 3. The van der Waals surface area contributed by atoms with Crippen LogP contribution < -0.4 is 5.32 Å². The summed E-state index contributed by atoms with van der Waals surface area (Å²) in [6.07, 6.45) is -0.612. The van der Waals surface area contributed by atoms with Gasteiger partial charge in [0, 0.05) is 19.5 Å². The number of carbonyl (C=O) groups is 3. The van der Waals surface area contributed by atoms with E-state index < -0.39 is 30.5 Å². The molecule has 2 N–H and O–H groups in total. The number of carboxylic acid groups (broad SMARTS) is 1. The van der Waals surface area contributed by atoms with Gasteiger partial charge in [-0.1, -0.05) is 62.4 Å². The number of nitrogens with zero attached hydrogens (tertiary/aromatic N) is 1. The van der Waals surface area contributed by atoms with Crippen LogP contribution in [0.4, 0.5) is 4.79 Å². The maximum atomic E-state index is 12.6. The van der Waals surface area contributed by atoms with Gasteiger partial charge < -0.3 is 15.2 Å². The number of hydroxylamine groups is 2. The van der Waals surface area contributed by atoms with Crippen LogP contribution in [0.2, 0.25) is 0 Å². The summed E-state index contributed by atoms with van der Waals surface area (Å²) in [5, 5.41) is 12.3. The van der Waals surface area contributed by atoms with Crippen molar-refractivity contribution in [3.05, 3.63) is 59.7 Å². The summed E-state index contributed by atoms with van der Waals surface area (Å²) in [7, 11) is 1.36. The molecule has 2 aromatic carbocycles. The molecule has 8 nitrogen and oxygen atoms in total. The maximum absolute atomic E-state index is 12.6. The molecule has 1 aliphatic rings. The molecule has 1 atom stereocenters. The zero-order chi connectivity index (χ0) is 23.3. The molecule has 8 heteroatoms. The van der Waals surface area contributed by atoms with Crippen LogP contribution in [0.15, 0.2) is 48.5 Å². The first kappa shape index (κ1) is 23.3. The van der Waals surface area contributed by atoms with E-state index in [0.717, 1.165) is 27.3 Å². The lowest BCUT2D eigenvalue weighted by atomic mass is 9.95. The molecule has 0 saturated carbocycles. The Balaban J connectivity index is 1.57. The minimum atomic E-state index is -1.18. The van der Waals surface area contributed by atoms with Crippen molar-refractivity contribution in [1.29, 1.82) is 0 Å². The van der Waals surface area contributed by atoms with Gasteiger partial charge in [-0.15, -0.1) is 0 Å². The zero-order valence-corrected chi connectivity index (χ0v) is 18.4. The lowest BCUT2D eigenvalue weighted by Gasteiger charge is -2.25. The van der Waals surface area contributed by atoms with E-state index in [1.54, 1.807) is 0 Å². The second-order valence-electron chi connectivity index (χ2n) is 8.06. The molecule has 0 radical (unpaired) electrons. The van der Waals surface area contributed by atoms with Crippen LogP contribution in [-0.2, 0) is 19.2 Å². The highest BCUT2D eigenvalue weighted by Gasteiger charge is 2.30. The number of nitrogens with one attached hydrogen (secondary N) is 1. The molecule has 0 heterocycles. The van der Waals surface area contributed by atoms with Crippen molar-refractivity contribution in [3.63, 3.8) is 0 Å². The van der Waals surface area contributed by atoms with Crippen molar-refractivity contribution in [2.75, 3.05) is 26.8 Å². The highest BCUT2D eigenvalue weighted by molar-refractivity contribution is 5.80. The molecule has 0 spiro atoms. The standard InChI is InChI=1S/C24H28N2O6/c1-15(2)20(23(29)26(3)32-14-22(27)28)12-25-24(30)31-13-21-18-10-6-4-8-16(18)17-9-5-7-11-19(17)21/h4-11,15,20-21H,12-14H2,1-3H3,(H,25,30)(H,27,28). The topological polar surface area (TPSA) is 105 Å². The first-order chi connectivity index (χ1) is 15.3. The smallest absolute Gasteiger partial charge is 0.407 e. The number of ether oxygens (including phenoxy) is 1. The van der Waals surface area contributed by atoms with Gasteiger partial charge in [0.15, 0.2) is 6.61 Å². The van der Waals surface area contributed by atoms with Gasteiger partial charge in [0.25, 0.3) is 5.91 Å².